The van der Waals surface area contributed by atoms with Gasteiger partial charge in [-0.25, -0.2) is 9.59 Å². The van der Waals surface area contributed by atoms with Crippen molar-refractivity contribution in [2.75, 3.05) is 37.5 Å². The van der Waals surface area contributed by atoms with Crippen LogP contribution in [0.15, 0.2) is 36.4 Å². The zero-order valence-electron chi connectivity index (χ0n) is 19.2. The lowest BCUT2D eigenvalue weighted by Crippen LogP contribution is -2.34. The highest BCUT2D eigenvalue weighted by atomic mass is 32.1. The van der Waals surface area contributed by atoms with Gasteiger partial charge in [-0.2, -0.15) is 0 Å². The Morgan fingerprint density at radius 2 is 1.54 bits per heavy atom. The molecule has 2 N–H and O–H groups in total. The molecule has 184 valence electrons. The highest BCUT2D eigenvalue weighted by molar-refractivity contribution is 7.80. The van der Waals surface area contributed by atoms with Crippen LogP contribution in [0, 0.1) is 10.1 Å². The molecular formula is C23H24N4O7S. The molecule has 3 rings (SSSR count). The van der Waals surface area contributed by atoms with Crippen LogP contribution >= 0.6 is 12.2 Å². The molecule has 0 bridgehead atoms. The van der Waals surface area contributed by atoms with Gasteiger partial charge in [0.15, 0.2) is 5.11 Å². The minimum absolute atomic E-state index is 0.0557. The molecule has 0 radical (unpaired) electrons. The summed E-state index contributed by atoms with van der Waals surface area (Å²) in [5.41, 5.74) is 0.728. The number of carbonyl (C=O) groups is 3. The molecule has 0 saturated carbocycles. The molecule has 0 aliphatic carbocycles. The van der Waals surface area contributed by atoms with Crippen molar-refractivity contribution in [3.8, 4) is 0 Å². The molecule has 2 aromatic rings. The standard InChI is InChI=1S/C23H24N4O7S/c1-33-21(29)15-10-16(22(30)34-2)12-17(11-15)24-23(35)25-20(28)14-6-7-18(19(13-14)27(31)32)26-8-4-3-5-9-26/h6-7,10-13H,3-5,8-9H2,1-2H3,(H2,24,25,28,35). The third-order valence-corrected chi connectivity index (χ3v) is 5.60. The number of hydrogen-bond donors (Lipinski definition) is 2. The topological polar surface area (TPSA) is 140 Å². The molecule has 2 aromatic carbocycles. The number of nitrogens with zero attached hydrogens (tertiary/aromatic N) is 2. The van der Waals surface area contributed by atoms with E-state index in [1.54, 1.807) is 6.07 Å². The number of esters is 2. The summed E-state index contributed by atoms with van der Waals surface area (Å²) < 4.78 is 9.38. The average molecular weight is 501 g/mol. The molecule has 1 saturated heterocycles. The van der Waals surface area contributed by atoms with Crippen LogP contribution in [0.3, 0.4) is 0 Å². The number of thiocarbonyl (C=S) groups is 1. The Bertz CT molecular complexity index is 1140. The first kappa shape index (κ1) is 25.6. The van der Waals surface area contributed by atoms with Crippen LogP contribution in [0.5, 0.6) is 0 Å². The Kier molecular flexibility index (Phi) is 8.31. The van der Waals surface area contributed by atoms with E-state index in [1.807, 2.05) is 4.90 Å². The van der Waals surface area contributed by atoms with Crippen LogP contribution in [0.1, 0.15) is 50.3 Å². The Labute approximate surface area is 206 Å². The first-order chi connectivity index (χ1) is 16.7. The van der Waals surface area contributed by atoms with Crippen molar-refractivity contribution >= 4 is 52.2 Å². The van der Waals surface area contributed by atoms with Crippen molar-refractivity contribution < 1.29 is 28.8 Å². The summed E-state index contributed by atoms with van der Waals surface area (Å²) in [7, 11) is 2.39. The molecule has 0 unspecified atom stereocenters. The lowest BCUT2D eigenvalue weighted by molar-refractivity contribution is -0.384. The molecular weight excluding hydrogens is 476 g/mol. The van der Waals surface area contributed by atoms with E-state index in [4.69, 9.17) is 21.7 Å². The average Bonchev–Trinajstić information content (AvgIpc) is 2.87. The number of anilines is 2. The van der Waals surface area contributed by atoms with Crippen molar-refractivity contribution in [3.05, 3.63) is 63.2 Å². The Morgan fingerprint density at radius 3 is 2.09 bits per heavy atom. The van der Waals surface area contributed by atoms with E-state index in [0.717, 1.165) is 32.4 Å². The maximum absolute atomic E-state index is 12.7. The van der Waals surface area contributed by atoms with Gasteiger partial charge < -0.3 is 19.7 Å². The van der Waals surface area contributed by atoms with E-state index in [-0.39, 0.29) is 33.2 Å². The fourth-order valence-electron chi connectivity index (χ4n) is 3.72. The van der Waals surface area contributed by atoms with Crippen molar-refractivity contribution in [2.24, 2.45) is 0 Å². The lowest BCUT2D eigenvalue weighted by Gasteiger charge is -2.28. The monoisotopic (exact) mass is 500 g/mol. The first-order valence-corrected chi connectivity index (χ1v) is 11.1. The summed E-state index contributed by atoms with van der Waals surface area (Å²) in [6, 6.07) is 8.35. The van der Waals surface area contributed by atoms with Gasteiger partial charge in [0.2, 0.25) is 0 Å². The van der Waals surface area contributed by atoms with Gasteiger partial charge >= 0.3 is 11.9 Å². The van der Waals surface area contributed by atoms with Crippen LogP contribution < -0.4 is 15.5 Å². The number of hydrogen-bond acceptors (Lipinski definition) is 9. The van der Waals surface area contributed by atoms with Crippen LogP contribution in [-0.4, -0.2) is 55.2 Å². The SMILES string of the molecule is COC(=O)c1cc(NC(=S)NC(=O)c2ccc(N3CCCCC3)c([N+](=O)[O-])c2)cc(C(=O)OC)c1. The predicted octanol–water partition coefficient (Wildman–Crippen LogP) is 3.29. The van der Waals surface area contributed by atoms with Crippen molar-refractivity contribution in [1.29, 1.82) is 0 Å². The predicted molar refractivity (Wildman–Crippen MR) is 132 cm³/mol. The fraction of sp³-hybridized carbons (Fsp3) is 0.304. The molecule has 0 aromatic heterocycles. The molecule has 1 aliphatic heterocycles. The molecule has 0 spiro atoms. The number of rotatable bonds is 6. The number of methoxy groups -OCH3 is 2. The van der Waals surface area contributed by atoms with Crippen LogP contribution in [0.2, 0.25) is 0 Å². The number of nitro benzene ring substituents is 1. The third-order valence-electron chi connectivity index (χ3n) is 5.39. The highest BCUT2D eigenvalue weighted by Gasteiger charge is 2.23. The van der Waals surface area contributed by atoms with Crippen molar-refractivity contribution in [1.82, 2.24) is 5.32 Å². The largest absolute Gasteiger partial charge is 0.465 e. The van der Waals surface area contributed by atoms with E-state index in [9.17, 15) is 24.5 Å². The van der Waals surface area contributed by atoms with Gasteiger partial charge in [-0.3, -0.25) is 20.2 Å². The third kappa shape index (κ3) is 6.29. The van der Waals surface area contributed by atoms with Crippen LogP contribution in [0.25, 0.3) is 0 Å². The number of carbonyl (C=O) groups excluding carboxylic acids is 3. The molecule has 1 aliphatic rings. The van der Waals surface area contributed by atoms with Gasteiger partial charge in [0, 0.05) is 30.4 Å². The second-order valence-corrected chi connectivity index (χ2v) is 8.11. The number of nitro groups is 1. The number of piperidine rings is 1. The fourth-order valence-corrected chi connectivity index (χ4v) is 3.93. The maximum Gasteiger partial charge on any atom is 0.337 e. The van der Waals surface area contributed by atoms with Gasteiger partial charge in [0.25, 0.3) is 11.6 Å². The molecule has 0 atom stereocenters. The number of ether oxygens (including phenoxy) is 2. The summed E-state index contributed by atoms with van der Waals surface area (Å²) in [6.45, 7) is 1.44. The molecule has 11 nitrogen and oxygen atoms in total. The van der Waals surface area contributed by atoms with E-state index < -0.39 is 22.8 Å². The van der Waals surface area contributed by atoms with Crippen LogP contribution in [0.4, 0.5) is 17.1 Å². The van der Waals surface area contributed by atoms with E-state index >= 15 is 0 Å². The highest BCUT2D eigenvalue weighted by Crippen LogP contribution is 2.31. The van der Waals surface area contributed by atoms with Crippen molar-refractivity contribution in [2.45, 2.75) is 19.3 Å². The first-order valence-electron chi connectivity index (χ1n) is 10.7. The van der Waals surface area contributed by atoms with Gasteiger partial charge in [0.05, 0.1) is 30.3 Å². The molecule has 1 amide bonds. The molecule has 1 fully saturated rings. The molecule has 35 heavy (non-hydrogen) atoms. The minimum atomic E-state index is -0.685. The van der Waals surface area contributed by atoms with Gasteiger partial charge in [0.1, 0.15) is 5.69 Å². The summed E-state index contributed by atoms with van der Waals surface area (Å²) in [5.74, 6) is -2.03. The summed E-state index contributed by atoms with van der Waals surface area (Å²) in [6.07, 6.45) is 2.99. The summed E-state index contributed by atoms with van der Waals surface area (Å²) in [4.78, 5) is 49.7. The van der Waals surface area contributed by atoms with Gasteiger partial charge in [-0.05, 0) is 61.8 Å². The Balaban J connectivity index is 1.77. The molecule has 12 heteroatoms. The van der Waals surface area contributed by atoms with Gasteiger partial charge in [-0.1, -0.05) is 0 Å². The number of nitrogens with one attached hydrogen (secondary N) is 2. The van der Waals surface area contributed by atoms with Crippen LogP contribution in [-0.2, 0) is 9.47 Å². The zero-order chi connectivity index (χ0) is 25.5. The Hall–Kier alpha value is -4.06. The van der Waals surface area contributed by atoms with E-state index in [1.165, 1.54) is 44.6 Å². The molecule has 1 heterocycles. The van der Waals surface area contributed by atoms with E-state index in [0.29, 0.717) is 5.69 Å². The quantitative estimate of drug-likeness (QED) is 0.263. The second-order valence-electron chi connectivity index (χ2n) is 7.70. The lowest BCUT2D eigenvalue weighted by atomic mass is 10.1. The summed E-state index contributed by atoms with van der Waals surface area (Å²) in [5, 5.41) is 16.7. The minimum Gasteiger partial charge on any atom is -0.465 e. The normalized spacial score (nSPS) is 12.9. The van der Waals surface area contributed by atoms with E-state index in [2.05, 4.69) is 10.6 Å². The van der Waals surface area contributed by atoms with Crippen molar-refractivity contribution in [3.63, 3.8) is 0 Å². The smallest absolute Gasteiger partial charge is 0.337 e. The number of amides is 1. The maximum atomic E-state index is 12.7. The Morgan fingerprint density at radius 1 is 0.943 bits per heavy atom. The van der Waals surface area contributed by atoms with Gasteiger partial charge in [-0.15, -0.1) is 0 Å². The zero-order valence-corrected chi connectivity index (χ0v) is 20.0. The number of benzene rings is 2. The summed E-state index contributed by atoms with van der Waals surface area (Å²) >= 11 is 5.18. The second kappa shape index (κ2) is 11.4.